The molecule has 3 rings (SSSR count). The maximum Gasteiger partial charge on any atom is 0.263 e. The van der Waals surface area contributed by atoms with E-state index in [1.54, 1.807) is 17.5 Å². The Kier molecular flexibility index (Phi) is 5.54. The highest BCUT2D eigenvalue weighted by molar-refractivity contribution is 7.93. The second-order valence-electron chi connectivity index (χ2n) is 5.22. The molecular weight excluding hydrogens is 386 g/mol. The Morgan fingerprint density at radius 1 is 1.26 bits per heavy atom. The number of nitrogens with zero attached hydrogens (tertiary/aromatic N) is 3. The number of nitriles is 1. The van der Waals surface area contributed by atoms with Gasteiger partial charge in [0, 0.05) is 18.1 Å². The Hall–Kier alpha value is -3.16. The van der Waals surface area contributed by atoms with E-state index in [9.17, 15) is 13.7 Å². The van der Waals surface area contributed by atoms with Gasteiger partial charge < -0.3 is 10.1 Å². The van der Waals surface area contributed by atoms with Crippen molar-refractivity contribution in [3.8, 4) is 17.6 Å². The van der Waals surface area contributed by atoms with Crippen LogP contribution in [-0.4, -0.2) is 24.9 Å². The maximum absolute atomic E-state index is 12.4. The lowest BCUT2D eigenvalue weighted by molar-refractivity contribution is 0.478. The summed E-state index contributed by atoms with van der Waals surface area (Å²) in [5.74, 6) is 1.38. The molecule has 0 aliphatic heterocycles. The molecule has 10 heteroatoms. The summed E-state index contributed by atoms with van der Waals surface area (Å²) in [5.41, 5.74) is 0.0905. The first-order chi connectivity index (χ1) is 13.0. The van der Waals surface area contributed by atoms with Crippen LogP contribution >= 0.6 is 11.3 Å². The number of hydrogen-bond donors (Lipinski definition) is 2. The first-order valence-corrected chi connectivity index (χ1v) is 10.2. The zero-order valence-corrected chi connectivity index (χ0v) is 15.8. The van der Waals surface area contributed by atoms with Crippen LogP contribution in [0, 0.1) is 11.3 Å². The number of sulfonamides is 1. The third kappa shape index (κ3) is 4.52. The average Bonchev–Trinajstić information content (AvgIpc) is 3.16. The van der Waals surface area contributed by atoms with Gasteiger partial charge in [0.15, 0.2) is 5.13 Å². The van der Waals surface area contributed by atoms with E-state index in [0.29, 0.717) is 11.6 Å². The topological polar surface area (TPSA) is 117 Å². The van der Waals surface area contributed by atoms with Gasteiger partial charge in [-0.15, -0.1) is 11.3 Å². The summed E-state index contributed by atoms with van der Waals surface area (Å²) in [5, 5.41) is 14.4. The van der Waals surface area contributed by atoms with Gasteiger partial charge in [0.1, 0.15) is 23.4 Å². The molecule has 0 amide bonds. The number of aromatic nitrogens is 2. The van der Waals surface area contributed by atoms with Crippen LogP contribution in [0.25, 0.3) is 0 Å². The second kappa shape index (κ2) is 8.03. The minimum atomic E-state index is -3.85. The van der Waals surface area contributed by atoms with Crippen molar-refractivity contribution in [1.82, 2.24) is 9.97 Å². The normalized spacial score (nSPS) is 10.8. The standard InChI is InChI=1S/C17H15N5O3S2/c1-2-19-16-6-3-13(11-21-16)25-15-5-4-14(9-12(15)10-18)27(23,24)22-17-20-7-8-26-17/h3-9,11H,2H2,1H3,(H,19,21)(H,20,22). The summed E-state index contributed by atoms with van der Waals surface area (Å²) in [6, 6.07) is 9.48. The number of hydrogen-bond acceptors (Lipinski definition) is 8. The van der Waals surface area contributed by atoms with Crippen LogP contribution in [0.1, 0.15) is 12.5 Å². The van der Waals surface area contributed by atoms with E-state index in [-0.39, 0.29) is 21.3 Å². The van der Waals surface area contributed by atoms with Crippen molar-refractivity contribution >= 4 is 32.3 Å². The van der Waals surface area contributed by atoms with E-state index in [1.807, 2.05) is 13.0 Å². The van der Waals surface area contributed by atoms with E-state index in [4.69, 9.17) is 4.74 Å². The molecule has 2 heterocycles. The second-order valence-corrected chi connectivity index (χ2v) is 7.80. The molecule has 0 fully saturated rings. The highest BCUT2D eigenvalue weighted by atomic mass is 32.2. The summed E-state index contributed by atoms with van der Waals surface area (Å²) in [6.45, 7) is 2.71. The largest absolute Gasteiger partial charge is 0.454 e. The predicted molar refractivity (Wildman–Crippen MR) is 103 cm³/mol. The van der Waals surface area contributed by atoms with Crippen LogP contribution in [0.2, 0.25) is 0 Å². The fourth-order valence-electron chi connectivity index (χ4n) is 2.15. The number of pyridine rings is 1. The van der Waals surface area contributed by atoms with Gasteiger partial charge in [0.05, 0.1) is 16.7 Å². The van der Waals surface area contributed by atoms with Gasteiger partial charge >= 0.3 is 0 Å². The van der Waals surface area contributed by atoms with Crippen molar-refractivity contribution in [3.05, 3.63) is 53.7 Å². The lowest BCUT2D eigenvalue weighted by Crippen LogP contribution is -2.13. The van der Waals surface area contributed by atoms with E-state index >= 15 is 0 Å². The lowest BCUT2D eigenvalue weighted by Gasteiger charge is -2.10. The van der Waals surface area contributed by atoms with Crippen molar-refractivity contribution < 1.29 is 13.2 Å². The van der Waals surface area contributed by atoms with Crippen LogP contribution in [-0.2, 0) is 10.0 Å². The lowest BCUT2D eigenvalue weighted by atomic mass is 10.2. The summed E-state index contributed by atoms with van der Waals surface area (Å²) in [6.07, 6.45) is 3.02. The van der Waals surface area contributed by atoms with Crippen molar-refractivity contribution in [3.63, 3.8) is 0 Å². The van der Waals surface area contributed by atoms with Crippen LogP contribution in [0.4, 0.5) is 10.9 Å². The molecule has 0 saturated heterocycles. The van der Waals surface area contributed by atoms with E-state index in [2.05, 4.69) is 20.0 Å². The Morgan fingerprint density at radius 3 is 2.74 bits per heavy atom. The van der Waals surface area contributed by atoms with Crippen LogP contribution in [0.5, 0.6) is 11.5 Å². The molecule has 0 atom stereocenters. The molecule has 0 aliphatic carbocycles. The van der Waals surface area contributed by atoms with Crippen LogP contribution in [0.3, 0.4) is 0 Å². The van der Waals surface area contributed by atoms with Gasteiger partial charge in [-0.05, 0) is 37.3 Å². The number of benzene rings is 1. The highest BCUT2D eigenvalue weighted by Crippen LogP contribution is 2.28. The van der Waals surface area contributed by atoms with Crippen molar-refractivity contribution in [1.29, 1.82) is 5.26 Å². The summed E-state index contributed by atoms with van der Waals surface area (Å²) >= 11 is 1.16. The van der Waals surface area contributed by atoms with E-state index < -0.39 is 10.0 Å². The molecule has 0 saturated carbocycles. The number of rotatable bonds is 7. The number of nitrogens with one attached hydrogen (secondary N) is 2. The molecule has 138 valence electrons. The molecule has 27 heavy (non-hydrogen) atoms. The van der Waals surface area contributed by atoms with Crippen molar-refractivity contribution in [2.75, 3.05) is 16.6 Å². The minimum absolute atomic E-state index is 0.0535. The first-order valence-electron chi connectivity index (χ1n) is 7.86. The van der Waals surface area contributed by atoms with Gasteiger partial charge in [-0.2, -0.15) is 5.26 Å². The van der Waals surface area contributed by atoms with Crippen LogP contribution < -0.4 is 14.8 Å². The monoisotopic (exact) mass is 401 g/mol. The van der Waals surface area contributed by atoms with Gasteiger partial charge in [0.25, 0.3) is 10.0 Å². The van der Waals surface area contributed by atoms with Crippen molar-refractivity contribution in [2.24, 2.45) is 0 Å². The number of ether oxygens (including phenoxy) is 1. The summed E-state index contributed by atoms with van der Waals surface area (Å²) < 4.78 is 32.9. The highest BCUT2D eigenvalue weighted by Gasteiger charge is 2.18. The maximum atomic E-state index is 12.4. The molecular formula is C17H15N5O3S2. The van der Waals surface area contributed by atoms with Gasteiger partial charge in [0.2, 0.25) is 0 Å². The predicted octanol–water partition coefficient (Wildman–Crippen LogP) is 3.43. The first kappa shape index (κ1) is 18.6. The Balaban J connectivity index is 1.83. The van der Waals surface area contributed by atoms with Gasteiger partial charge in [-0.25, -0.2) is 18.4 Å². The molecule has 2 N–H and O–H groups in total. The molecule has 0 bridgehead atoms. The Bertz CT molecular complexity index is 1060. The zero-order chi connectivity index (χ0) is 19.3. The zero-order valence-electron chi connectivity index (χ0n) is 14.2. The molecule has 8 nitrogen and oxygen atoms in total. The molecule has 3 aromatic rings. The summed E-state index contributed by atoms with van der Waals surface area (Å²) in [7, 11) is -3.85. The molecule has 0 unspecified atom stereocenters. The molecule has 0 spiro atoms. The average molecular weight is 401 g/mol. The van der Waals surface area contributed by atoms with E-state index in [1.165, 1.54) is 30.6 Å². The minimum Gasteiger partial charge on any atom is -0.454 e. The van der Waals surface area contributed by atoms with E-state index in [0.717, 1.165) is 17.9 Å². The summed E-state index contributed by atoms with van der Waals surface area (Å²) in [4.78, 5) is 8.02. The smallest absolute Gasteiger partial charge is 0.263 e. The molecule has 0 aliphatic rings. The number of anilines is 2. The molecule has 2 aromatic heterocycles. The number of thiazole rings is 1. The van der Waals surface area contributed by atoms with Crippen molar-refractivity contribution in [2.45, 2.75) is 11.8 Å². The molecule has 1 aromatic carbocycles. The van der Waals surface area contributed by atoms with Gasteiger partial charge in [-0.3, -0.25) is 4.72 Å². The third-order valence-corrected chi connectivity index (χ3v) is 5.51. The quantitative estimate of drug-likeness (QED) is 0.623. The fourth-order valence-corrected chi connectivity index (χ4v) is 3.97. The van der Waals surface area contributed by atoms with Gasteiger partial charge in [-0.1, -0.05) is 0 Å². The third-order valence-electron chi connectivity index (χ3n) is 3.36. The van der Waals surface area contributed by atoms with Crippen LogP contribution in [0.15, 0.2) is 53.0 Å². The SMILES string of the molecule is CCNc1ccc(Oc2ccc(S(=O)(=O)Nc3nccs3)cc2C#N)cn1. The Morgan fingerprint density at radius 2 is 2.11 bits per heavy atom. The Labute approximate surface area is 160 Å². The fraction of sp³-hybridized carbons (Fsp3) is 0.118. The molecule has 0 radical (unpaired) electrons.